The molecule has 0 aliphatic carbocycles. The molecule has 1 aliphatic heterocycles. The van der Waals surface area contributed by atoms with Gasteiger partial charge in [0.1, 0.15) is 0 Å². The summed E-state index contributed by atoms with van der Waals surface area (Å²) in [5.74, 6) is 0.735. The molecule has 2 atom stereocenters. The second kappa shape index (κ2) is 6.40. The van der Waals surface area contributed by atoms with Crippen LogP contribution in [-0.4, -0.2) is 31.1 Å². The van der Waals surface area contributed by atoms with Crippen molar-refractivity contribution in [1.82, 2.24) is 4.90 Å². The zero-order valence-electron chi connectivity index (χ0n) is 10.9. The van der Waals surface area contributed by atoms with E-state index in [1.54, 1.807) is 0 Å². The molecule has 0 saturated carbocycles. The number of benzene rings is 1. The topological polar surface area (TPSA) is 15.3 Å². The fourth-order valence-electron chi connectivity index (χ4n) is 2.58. The van der Waals surface area contributed by atoms with Gasteiger partial charge in [-0.1, -0.05) is 15.9 Å². The maximum atomic E-state index is 3.63. The van der Waals surface area contributed by atoms with Gasteiger partial charge in [0.25, 0.3) is 0 Å². The standard InChI is InChI=1S/C14H20Br2N2/c1-10(11-4-3-7-18(2)9-11)17-14-6-5-12(15)8-13(14)16/h5-6,8,10-11,17H,3-4,7,9H2,1-2H3. The Hall–Kier alpha value is -0.0600. The summed E-state index contributed by atoms with van der Waals surface area (Å²) in [6, 6.07) is 6.79. The molecule has 0 bridgehead atoms. The molecule has 1 aromatic rings. The van der Waals surface area contributed by atoms with Crippen molar-refractivity contribution < 1.29 is 0 Å². The molecular weight excluding hydrogens is 356 g/mol. The third kappa shape index (κ3) is 3.72. The number of rotatable bonds is 3. The SMILES string of the molecule is CC(Nc1ccc(Br)cc1Br)C1CCCN(C)C1. The molecule has 2 rings (SSSR count). The van der Waals surface area contributed by atoms with Gasteiger partial charge in [-0.3, -0.25) is 0 Å². The van der Waals surface area contributed by atoms with Crippen LogP contribution in [0.3, 0.4) is 0 Å². The number of hydrogen-bond acceptors (Lipinski definition) is 2. The highest BCUT2D eigenvalue weighted by molar-refractivity contribution is 9.11. The molecule has 0 aromatic heterocycles. The van der Waals surface area contributed by atoms with E-state index in [-0.39, 0.29) is 0 Å². The van der Waals surface area contributed by atoms with Gasteiger partial charge in [-0.05, 0) is 73.4 Å². The average molecular weight is 376 g/mol. The molecule has 1 aliphatic rings. The van der Waals surface area contributed by atoms with Crippen molar-refractivity contribution in [2.45, 2.75) is 25.8 Å². The summed E-state index contributed by atoms with van der Waals surface area (Å²) in [5.41, 5.74) is 1.18. The fraction of sp³-hybridized carbons (Fsp3) is 0.571. The first-order valence-corrected chi connectivity index (χ1v) is 8.05. The van der Waals surface area contributed by atoms with E-state index in [2.05, 4.69) is 74.2 Å². The molecule has 1 fully saturated rings. The van der Waals surface area contributed by atoms with Crippen LogP contribution in [0.5, 0.6) is 0 Å². The quantitative estimate of drug-likeness (QED) is 0.844. The number of piperidine rings is 1. The van der Waals surface area contributed by atoms with Gasteiger partial charge in [0.2, 0.25) is 0 Å². The predicted molar refractivity (Wildman–Crippen MR) is 85.1 cm³/mol. The lowest BCUT2D eigenvalue weighted by atomic mass is 9.92. The van der Waals surface area contributed by atoms with Crippen LogP contribution in [0.1, 0.15) is 19.8 Å². The monoisotopic (exact) mass is 374 g/mol. The van der Waals surface area contributed by atoms with E-state index in [9.17, 15) is 0 Å². The molecule has 0 amide bonds. The molecule has 100 valence electrons. The van der Waals surface area contributed by atoms with Crippen LogP contribution >= 0.6 is 31.9 Å². The normalized spacial score (nSPS) is 22.8. The van der Waals surface area contributed by atoms with Crippen LogP contribution < -0.4 is 5.32 Å². The lowest BCUT2D eigenvalue weighted by molar-refractivity contribution is 0.197. The second-order valence-electron chi connectivity index (χ2n) is 5.22. The van der Waals surface area contributed by atoms with Gasteiger partial charge in [0.05, 0.1) is 0 Å². The molecule has 1 saturated heterocycles. The van der Waals surface area contributed by atoms with Crippen molar-refractivity contribution in [1.29, 1.82) is 0 Å². The number of halogens is 2. The second-order valence-corrected chi connectivity index (χ2v) is 6.99. The largest absolute Gasteiger partial charge is 0.381 e. The molecule has 18 heavy (non-hydrogen) atoms. The van der Waals surface area contributed by atoms with E-state index in [0.29, 0.717) is 6.04 Å². The smallest absolute Gasteiger partial charge is 0.0487 e. The highest BCUT2D eigenvalue weighted by Gasteiger charge is 2.22. The van der Waals surface area contributed by atoms with Crippen LogP contribution in [-0.2, 0) is 0 Å². The number of anilines is 1. The summed E-state index contributed by atoms with van der Waals surface area (Å²) < 4.78 is 2.22. The first-order chi connectivity index (χ1) is 8.56. The van der Waals surface area contributed by atoms with Crippen molar-refractivity contribution >= 4 is 37.5 Å². The molecular formula is C14H20Br2N2. The Kier molecular flexibility index (Phi) is 5.10. The maximum Gasteiger partial charge on any atom is 0.0487 e. The van der Waals surface area contributed by atoms with Gasteiger partial charge in [-0.15, -0.1) is 0 Å². The van der Waals surface area contributed by atoms with Crippen molar-refractivity contribution in [3.63, 3.8) is 0 Å². The van der Waals surface area contributed by atoms with E-state index in [4.69, 9.17) is 0 Å². The highest BCUT2D eigenvalue weighted by atomic mass is 79.9. The number of nitrogens with zero attached hydrogens (tertiary/aromatic N) is 1. The third-order valence-electron chi connectivity index (χ3n) is 3.68. The fourth-order valence-corrected chi connectivity index (χ4v) is 3.75. The van der Waals surface area contributed by atoms with Gasteiger partial charge in [-0.25, -0.2) is 0 Å². The van der Waals surface area contributed by atoms with Crippen LogP contribution in [0.15, 0.2) is 27.1 Å². The highest BCUT2D eigenvalue weighted by Crippen LogP contribution is 2.29. The summed E-state index contributed by atoms with van der Waals surface area (Å²) >= 11 is 7.09. The van der Waals surface area contributed by atoms with E-state index < -0.39 is 0 Å². The minimum atomic E-state index is 0.505. The van der Waals surface area contributed by atoms with E-state index >= 15 is 0 Å². The number of hydrogen-bond donors (Lipinski definition) is 1. The molecule has 1 N–H and O–H groups in total. The minimum Gasteiger partial charge on any atom is -0.381 e. The summed E-state index contributed by atoms with van der Waals surface area (Å²) in [6.45, 7) is 4.73. The first kappa shape index (κ1) is 14.4. The molecule has 2 unspecified atom stereocenters. The van der Waals surface area contributed by atoms with Gasteiger partial charge in [-0.2, -0.15) is 0 Å². The molecule has 0 spiro atoms. The number of nitrogens with one attached hydrogen (secondary N) is 1. The van der Waals surface area contributed by atoms with Crippen LogP contribution in [0.4, 0.5) is 5.69 Å². The average Bonchev–Trinajstić information content (AvgIpc) is 2.32. The Morgan fingerprint density at radius 3 is 2.83 bits per heavy atom. The molecule has 1 heterocycles. The maximum absolute atomic E-state index is 3.63. The Bertz CT molecular complexity index is 409. The lowest BCUT2D eigenvalue weighted by Crippen LogP contribution is -2.39. The van der Waals surface area contributed by atoms with E-state index in [1.807, 2.05) is 0 Å². The van der Waals surface area contributed by atoms with Crippen LogP contribution in [0.2, 0.25) is 0 Å². The summed E-state index contributed by atoms with van der Waals surface area (Å²) in [5, 5.41) is 3.63. The van der Waals surface area contributed by atoms with Crippen LogP contribution in [0.25, 0.3) is 0 Å². The zero-order chi connectivity index (χ0) is 13.1. The molecule has 2 nitrogen and oxygen atoms in total. The summed E-state index contributed by atoms with van der Waals surface area (Å²) in [4.78, 5) is 2.43. The van der Waals surface area contributed by atoms with Crippen molar-refractivity contribution in [2.24, 2.45) is 5.92 Å². The van der Waals surface area contributed by atoms with Gasteiger partial charge in [0.15, 0.2) is 0 Å². The predicted octanol–water partition coefficient (Wildman–Crippen LogP) is 4.35. The van der Waals surface area contributed by atoms with Crippen molar-refractivity contribution in [3.8, 4) is 0 Å². The first-order valence-electron chi connectivity index (χ1n) is 6.46. The van der Waals surface area contributed by atoms with Gasteiger partial charge < -0.3 is 10.2 Å². The Morgan fingerprint density at radius 1 is 1.39 bits per heavy atom. The van der Waals surface area contributed by atoms with Gasteiger partial charge in [0, 0.05) is 27.2 Å². The Labute approximate surface area is 126 Å². The Morgan fingerprint density at radius 2 is 2.17 bits per heavy atom. The van der Waals surface area contributed by atoms with Crippen molar-refractivity contribution in [2.75, 3.05) is 25.5 Å². The summed E-state index contributed by atoms with van der Waals surface area (Å²) in [7, 11) is 2.22. The molecule has 4 heteroatoms. The summed E-state index contributed by atoms with van der Waals surface area (Å²) in [6.07, 6.45) is 2.64. The zero-order valence-corrected chi connectivity index (χ0v) is 14.1. The molecule has 1 aromatic carbocycles. The van der Waals surface area contributed by atoms with Crippen molar-refractivity contribution in [3.05, 3.63) is 27.1 Å². The van der Waals surface area contributed by atoms with E-state index in [0.717, 1.165) is 14.9 Å². The third-order valence-corrected chi connectivity index (χ3v) is 4.83. The van der Waals surface area contributed by atoms with Crippen LogP contribution in [0, 0.1) is 5.92 Å². The minimum absolute atomic E-state index is 0.505. The van der Waals surface area contributed by atoms with E-state index in [1.165, 1.54) is 31.6 Å². The molecule has 0 radical (unpaired) electrons. The Balaban J connectivity index is 1.99. The lowest BCUT2D eigenvalue weighted by Gasteiger charge is -2.34. The number of likely N-dealkylation sites (tertiary alicyclic amines) is 1. The van der Waals surface area contributed by atoms with Gasteiger partial charge >= 0.3 is 0 Å².